The van der Waals surface area contributed by atoms with Crippen LogP contribution in [0.5, 0.6) is 0 Å². The zero-order valence-corrected chi connectivity index (χ0v) is 10.5. The Morgan fingerprint density at radius 2 is 2.24 bits per heavy atom. The molecule has 0 radical (unpaired) electrons. The molecule has 1 rings (SSSR count). The maximum absolute atomic E-state index is 12.0. The molecule has 0 saturated heterocycles. The van der Waals surface area contributed by atoms with Crippen molar-refractivity contribution < 1.29 is 9.90 Å². The largest absolute Gasteiger partial charge is 0.395 e. The van der Waals surface area contributed by atoms with Crippen molar-refractivity contribution in [1.82, 2.24) is 15.1 Å². The van der Waals surface area contributed by atoms with Gasteiger partial charge in [0.25, 0.3) is 5.91 Å². The van der Waals surface area contributed by atoms with Crippen molar-refractivity contribution >= 4 is 11.6 Å². The van der Waals surface area contributed by atoms with Crippen LogP contribution in [0, 0.1) is 0 Å². The van der Waals surface area contributed by atoms with Gasteiger partial charge in [-0.05, 0) is 12.8 Å². The monoisotopic (exact) mass is 240 g/mol. The standard InChI is InChI=1S/C11H20N4O2/c1-4-7(6-16)13-11(17)10-9(12)8(5-2)14-15(10)3/h7,16H,4-6,12H2,1-3H3,(H,13,17). The number of anilines is 1. The number of aliphatic hydroxyl groups is 1. The number of nitrogens with two attached hydrogens (primary N) is 1. The molecule has 1 heterocycles. The number of nitrogens with zero attached hydrogens (tertiary/aromatic N) is 2. The first-order chi connectivity index (χ1) is 8.04. The highest BCUT2D eigenvalue weighted by atomic mass is 16.3. The summed E-state index contributed by atoms with van der Waals surface area (Å²) in [5, 5.41) is 15.9. The predicted molar refractivity (Wildman–Crippen MR) is 65.6 cm³/mol. The molecule has 6 heteroatoms. The fourth-order valence-corrected chi connectivity index (χ4v) is 1.66. The third-order valence-corrected chi connectivity index (χ3v) is 2.76. The first-order valence-corrected chi connectivity index (χ1v) is 5.78. The summed E-state index contributed by atoms with van der Waals surface area (Å²) < 4.78 is 1.48. The molecule has 1 aromatic heterocycles. The molecule has 1 amide bonds. The fourth-order valence-electron chi connectivity index (χ4n) is 1.66. The third kappa shape index (κ3) is 2.76. The Balaban J connectivity index is 2.92. The number of rotatable bonds is 5. The van der Waals surface area contributed by atoms with Crippen LogP contribution in [0.15, 0.2) is 0 Å². The molecule has 0 spiro atoms. The number of amides is 1. The van der Waals surface area contributed by atoms with E-state index in [9.17, 15) is 4.79 Å². The van der Waals surface area contributed by atoms with Crippen molar-refractivity contribution in [1.29, 1.82) is 0 Å². The molecule has 17 heavy (non-hydrogen) atoms. The molecule has 0 fully saturated rings. The summed E-state index contributed by atoms with van der Waals surface area (Å²) >= 11 is 0. The SMILES string of the molecule is CCc1nn(C)c(C(=O)NC(CC)CO)c1N. The maximum Gasteiger partial charge on any atom is 0.271 e. The second-order valence-corrected chi connectivity index (χ2v) is 3.95. The van der Waals surface area contributed by atoms with Crippen molar-refractivity contribution in [2.45, 2.75) is 32.7 Å². The van der Waals surface area contributed by atoms with Crippen LogP contribution in [-0.2, 0) is 13.5 Å². The van der Waals surface area contributed by atoms with Crippen LogP contribution >= 0.6 is 0 Å². The minimum atomic E-state index is -0.293. The van der Waals surface area contributed by atoms with E-state index in [1.807, 2.05) is 13.8 Å². The van der Waals surface area contributed by atoms with E-state index in [1.165, 1.54) is 4.68 Å². The average molecular weight is 240 g/mol. The highest BCUT2D eigenvalue weighted by Crippen LogP contribution is 2.16. The van der Waals surface area contributed by atoms with E-state index < -0.39 is 0 Å². The summed E-state index contributed by atoms with van der Waals surface area (Å²) in [5.74, 6) is -0.293. The van der Waals surface area contributed by atoms with Gasteiger partial charge < -0.3 is 16.2 Å². The van der Waals surface area contributed by atoms with Gasteiger partial charge in [-0.2, -0.15) is 5.10 Å². The van der Waals surface area contributed by atoms with Crippen LogP contribution < -0.4 is 11.1 Å². The molecule has 1 aromatic rings. The molecule has 96 valence electrons. The molecule has 0 aliphatic heterocycles. The maximum atomic E-state index is 12.0. The van der Waals surface area contributed by atoms with Gasteiger partial charge in [0, 0.05) is 7.05 Å². The van der Waals surface area contributed by atoms with Crippen molar-refractivity contribution in [3.8, 4) is 0 Å². The van der Waals surface area contributed by atoms with Crippen molar-refractivity contribution in [3.63, 3.8) is 0 Å². The summed E-state index contributed by atoms with van der Waals surface area (Å²) in [4.78, 5) is 12.0. The van der Waals surface area contributed by atoms with E-state index in [1.54, 1.807) is 7.05 Å². The van der Waals surface area contributed by atoms with Gasteiger partial charge >= 0.3 is 0 Å². The van der Waals surface area contributed by atoms with Gasteiger partial charge in [-0.25, -0.2) is 0 Å². The van der Waals surface area contributed by atoms with E-state index >= 15 is 0 Å². The first-order valence-electron chi connectivity index (χ1n) is 5.78. The lowest BCUT2D eigenvalue weighted by Gasteiger charge is -2.14. The quantitative estimate of drug-likeness (QED) is 0.678. The van der Waals surface area contributed by atoms with Gasteiger partial charge in [0.1, 0.15) is 5.69 Å². The zero-order chi connectivity index (χ0) is 13.0. The first kappa shape index (κ1) is 13.5. The molecular formula is C11H20N4O2. The van der Waals surface area contributed by atoms with E-state index in [0.29, 0.717) is 24.2 Å². The predicted octanol–water partition coefficient (Wildman–Crippen LogP) is 0.0654. The third-order valence-electron chi connectivity index (χ3n) is 2.76. The smallest absolute Gasteiger partial charge is 0.271 e. The van der Waals surface area contributed by atoms with Gasteiger partial charge in [0.15, 0.2) is 0 Å². The van der Waals surface area contributed by atoms with Gasteiger partial charge in [-0.15, -0.1) is 0 Å². The van der Waals surface area contributed by atoms with E-state index in [4.69, 9.17) is 10.8 Å². The van der Waals surface area contributed by atoms with Gasteiger partial charge in [0.2, 0.25) is 0 Å². The number of aliphatic hydroxyl groups excluding tert-OH is 1. The minimum absolute atomic E-state index is 0.0827. The number of nitrogen functional groups attached to an aromatic ring is 1. The summed E-state index contributed by atoms with van der Waals surface area (Å²) in [6.45, 7) is 3.74. The number of hydrogen-bond donors (Lipinski definition) is 3. The molecule has 4 N–H and O–H groups in total. The van der Waals surface area contributed by atoms with Crippen molar-refractivity contribution in [2.75, 3.05) is 12.3 Å². The lowest BCUT2D eigenvalue weighted by atomic mass is 10.2. The Morgan fingerprint density at radius 3 is 2.65 bits per heavy atom. The van der Waals surface area contributed by atoms with Crippen LogP contribution in [0.3, 0.4) is 0 Å². The second-order valence-electron chi connectivity index (χ2n) is 3.95. The van der Waals surface area contributed by atoms with Crippen molar-refractivity contribution in [2.24, 2.45) is 7.05 Å². The average Bonchev–Trinajstić information content (AvgIpc) is 2.60. The van der Waals surface area contributed by atoms with E-state index in [0.717, 1.165) is 5.69 Å². The normalized spacial score (nSPS) is 12.5. The second kappa shape index (κ2) is 5.67. The number of carbonyl (C=O) groups is 1. The molecular weight excluding hydrogens is 220 g/mol. The number of nitrogens with one attached hydrogen (secondary N) is 1. The number of hydrogen-bond acceptors (Lipinski definition) is 4. The summed E-state index contributed by atoms with van der Waals surface area (Å²) in [6.07, 6.45) is 1.35. The minimum Gasteiger partial charge on any atom is -0.395 e. The van der Waals surface area contributed by atoms with Crippen LogP contribution in [0.25, 0.3) is 0 Å². The highest BCUT2D eigenvalue weighted by Gasteiger charge is 2.20. The van der Waals surface area contributed by atoms with Crippen molar-refractivity contribution in [3.05, 3.63) is 11.4 Å². The Kier molecular flexibility index (Phi) is 4.51. The Bertz CT molecular complexity index is 396. The van der Waals surface area contributed by atoms with Gasteiger partial charge in [0.05, 0.1) is 24.0 Å². The highest BCUT2D eigenvalue weighted by molar-refractivity contribution is 5.98. The Hall–Kier alpha value is -1.56. The molecule has 0 aliphatic carbocycles. The number of aryl methyl sites for hydroxylation is 2. The molecule has 0 aliphatic rings. The van der Waals surface area contributed by atoms with Gasteiger partial charge in [-0.1, -0.05) is 13.8 Å². The molecule has 0 aromatic carbocycles. The molecule has 0 saturated carbocycles. The fraction of sp³-hybridized carbons (Fsp3) is 0.636. The van der Waals surface area contributed by atoms with Crippen LogP contribution in [0.2, 0.25) is 0 Å². The van der Waals surface area contributed by atoms with Crippen LogP contribution in [0.1, 0.15) is 36.5 Å². The Labute approximate surface area is 101 Å². The lowest BCUT2D eigenvalue weighted by molar-refractivity contribution is 0.0906. The molecule has 6 nitrogen and oxygen atoms in total. The summed E-state index contributed by atoms with van der Waals surface area (Å²) in [7, 11) is 1.68. The Morgan fingerprint density at radius 1 is 1.59 bits per heavy atom. The molecule has 0 bridgehead atoms. The molecule has 1 atom stereocenters. The van der Waals surface area contributed by atoms with E-state index in [-0.39, 0.29) is 18.6 Å². The van der Waals surface area contributed by atoms with Crippen LogP contribution in [0.4, 0.5) is 5.69 Å². The summed E-state index contributed by atoms with van der Waals surface area (Å²) in [5.41, 5.74) is 7.36. The van der Waals surface area contributed by atoms with Crippen LogP contribution in [-0.4, -0.2) is 33.4 Å². The number of aromatic nitrogens is 2. The zero-order valence-electron chi connectivity index (χ0n) is 10.5. The topological polar surface area (TPSA) is 93.2 Å². The summed E-state index contributed by atoms with van der Waals surface area (Å²) in [6, 6.07) is -0.248. The number of carbonyl (C=O) groups excluding carboxylic acids is 1. The van der Waals surface area contributed by atoms with Gasteiger partial charge in [-0.3, -0.25) is 9.48 Å². The molecule has 1 unspecified atom stereocenters. The van der Waals surface area contributed by atoms with E-state index in [2.05, 4.69) is 10.4 Å². The lowest BCUT2D eigenvalue weighted by Crippen LogP contribution is -2.38.